The number of benzene rings is 4. The van der Waals surface area contributed by atoms with Crippen molar-refractivity contribution in [2.75, 3.05) is 78.5 Å². The lowest BCUT2D eigenvalue weighted by Gasteiger charge is -2.28. The highest BCUT2D eigenvalue weighted by molar-refractivity contribution is 6.06. The first-order valence-electron chi connectivity index (χ1n) is 40.9. The molecule has 0 bridgehead atoms. The smallest absolute Gasteiger partial charge is 0.271 e. The number of amides is 4. The van der Waals surface area contributed by atoms with Crippen molar-refractivity contribution >= 4 is 52.2 Å². The van der Waals surface area contributed by atoms with Gasteiger partial charge in [-0.25, -0.2) is 39.9 Å². The van der Waals surface area contributed by atoms with E-state index in [0.717, 1.165) is 129 Å². The van der Waals surface area contributed by atoms with Crippen LogP contribution < -0.4 is 64.4 Å². The third-order valence-corrected chi connectivity index (χ3v) is 21.2. The van der Waals surface area contributed by atoms with Crippen LogP contribution in [0.15, 0.2) is 221 Å². The van der Waals surface area contributed by atoms with Crippen molar-refractivity contribution in [2.24, 2.45) is 11.8 Å². The number of carbonyl (C=O) groups excluding carboxylic acids is 4. The van der Waals surface area contributed by atoms with Gasteiger partial charge in [-0.15, -0.1) is 0 Å². The molecule has 28 nitrogen and oxygen atoms in total. The molecule has 3 aliphatic heterocycles. The van der Waals surface area contributed by atoms with Gasteiger partial charge in [-0.2, -0.15) is 0 Å². The van der Waals surface area contributed by atoms with Crippen LogP contribution in [-0.2, 0) is 34.5 Å². The number of nitrogens with zero attached hydrogens (tertiary/aromatic N) is 9. The molecule has 3 aliphatic rings. The zero-order valence-corrected chi connectivity index (χ0v) is 71.0. The average Bonchev–Trinajstić information content (AvgIpc) is 1.08. The summed E-state index contributed by atoms with van der Waals surface area (Å²) in [5.41, 5.74) is 11.4. The van der Waals surface area contributed by atoms with E-state index in [9.17, 15) is 38.4 Å². The standard InChI is InChI=1S/2C25H29N5O2.C24H28N6O2.C20H20N4O2/c2*1-25(2,3)19-6-4-17(5-7-19)23(31)30-21-13-18(15-28-24(21)32)20-9-11-27-22(29-20)12-16-8-10-26-14-16;1-24(2,3)18-6-4-16(5-7-18)22(31)29-20-12-17(14-26-23(20)32)19-13-21(28-15-27-19)30-10-8-25-9-11-30;1-20(2,3)15-6-4-13(5-7-15)18(25)24-17-10-14(11-22-19(17)26)16-8-9-21-12-23-16/h2*4-7,9,11,13,15-16,26H,8,10,12,14H2,1-3H3,(H,28,32)(H,30,31);4-7,12-15,25H,8-11H2,1-3H3,(H,26,32)(H,29,31);4-12H,1-3H3,(H,22,26)(H,24,25). The summed E-state index contributed by atoms with van der Waals surface area (Å²) in [6, 6.07) is 43.5. The molecule has 122 heavy (non-hydrogen) atoms. The molecule has 11 N–H and O–H groups in total. The number of rotatable bonds is 17. The second kappa shape index (κ2) is 39.2. The number of piperazine rings is 1. The summed E-state index contributed by atoms with van der Waals surface area (Å²) in [5.74, 6) is 2.16. The number of pyridine rings is 4. The Balaban J connectivity index is 0.000000149. The number of hydrogen-bond donors (Lipinski definition) is 11. The molecule has 8 aromatic heterocycles. The molecule has 3 fully saturated rings. The summed E-state index contributed by atoms with van der Waals surface area (Å²) in [5, 5.41) is 20.9. The lowest BCUT2D eigenvalue weighted by Crippen LogP contribution is -2.43. The van der Waals surface area contributed by atoms with Gasteiger partial charge >= 0.3 is 0 Å². The monoisotopic (exact) mass is 1640 g/mol. The molecule has 15 rings (SSSR count). The SMILES string of the molecule is CC(C)(C)c1ccc(C(=O)Nc2cc(-c3cc(N4CCNCC4)ncn3)c[nH]c2=O)cc1.CC(C)(C)c1ccc(C(=O)Nc2cc(-c3ccnc(CC4CCNC4)n3)c[nH]c2=O)cc1.CC(C)(C)c1ccc(C(=O)Nc2cc(-c3ccnc(CC4CCNC4)n3)c[nH]c2=O)cc1.CC(C)(C)c1ccc(C(=O)Nc2cc(-c3ccncn3)c[nH]c2=O)cc1. The summed E-state index contributed by atoms with van der Waals surface area (Å²) in [6.45, 7) is 33.0. The van der Waals surface area contributed by atoms with Gasteiger partial charge in [-0.3, -0.25) is 38.4 Å². The minimum Gasteiger partial charge on any atom is -0.354 e. The Hall–Kier alpha value is -13.4. The summed E-state index contributed by atoms with van der Waals surface area (Å²) in [4.78, 5) is 148. The molecule has 28 heteroatoms. The lowest BCUT2D eigenvalue weighted by atomic mass is 9.86. The zero-order valence-electron chi connectivity index (χ0n) is 71.0. The number of carbonyl (C=O) groups is 4. The van der Waals surface area contributed by atoms with Gasteiger partial charge in [0.2, 0.25) is 0 Å². The van der Waals surface area contributed by atoms with Gasteiger partial charge in [-0.05, 0) is 186 Å². The van der Waals surface area contributed by atoms with Crippen LogP contribution in [0.2, 0.25) is 0 Å². The van der Waals surface area contributed by atoms with Gasteiger partial charge in [0.1, 0.15) is 52.9 Å². The number of hydrogen-bond acceptors (Lipinski definition) is 20. The Labute approximate surface area is 708 Å². The van der Waals surface area contributed by atoms with E-state index in [-0.39, 0.29) is 90.3 Å². The minimum atomic E-state index is -0.373. The topological polar surface area (TPSA) is 390 Å². The molecule has 12 aromatic rings. The molecule has 2 atom stereocenters. The van der Waals surface area contributed by atoms with Crippen molar-refractivity contribution in [1.29, 1.82) is 0 Å². The van der Waals surface area contributed by atoms with Crippen LogP contribution in [0.1, 0.15) is 171 Å². The quantitative estimate of drug-likeness (QED) is 0.0403. The molecule has 4 aromatic carbocycles. The maximum Gasteiger partial charge on any atom is 0.271 e. The van der Waals surface area contributed by atoms with Gasteiger partial charge in [0, 0.05) is 133 Å². The molecular weight excluding hydrogens is 1540 g/mol. The van der Waals surface area contributed by atoms with Crippen LogP contribution in [0.3, 0.4) is 0 Å². The predicted octanol–water partition coefficient (Wildman–Crippen LogP) is 13.2. The van der Waals surface area contributed by atoms with E-state index in [4.69, 9.17) is 0 Å². The molecule has 630 valence electrons. The summed E-state index contributed by atoms with van der Waals surface area (Å²) in [6.07, 6.45) is 18.3. The maximum atomic E-state index is 12.7. The Bertz CT molecular complexity index is 5700. The Morgan fingerprint density at radius 1 is 0.361 bits per heavy atom. The highest BCUT2D eigenvalue weighted by atomic mass is 16.2. The van der Waals surface area contributed by atoms with E-state index < -0.39 is 0 Å². The Kier molecular flexibility index (Phi) is 28.2. The number of anilines is 5. The Morgan fingerprint density at radius 2 is 0.680 bits per heavy atom. The fourth-order valence-corrected chi connectivity index (χ4v) is 13.8. The Morgan fingerprint density at radius 3 is 0.992 bits per heavy atom. The predicted molar refractivity (Wildman–Crippen MR) is 479 cm³/mol. The third kappa shape index (κ3) is 24.0. The van der Waals surface area contributed by atoms with Crippen molar-refractivity contribution in [3.05, 3.63) is 299 Å². The average molecular weight is 1640 g/mol. The molecule has 0 saturated carbocycles. The van der Waals surface area contributed by atoms with Crippen molar-refractivity contribution in [1.82, 2.24) is 75.8 Å². The summed E-state index contributed by atoms with van der Waals surface area (Å²) < 4.78 is 0. The molecule has 3 saturated heterocycles. The van der Waals surface area contributed by atoms with E-state index in [1.54, 1.807) is 134 Å². The van der Waals surface area contributed by atoms with Crippen LogP contribution in [0.4, 0.5) is 28.6 Å². The van der Waals surface area contributed by atoms with Gasteiger partial charge in [0.05, 0.1) is 22.8 Å². The second-order valence-electron chi connectivity index (χ2n) is 34.6. The largest absolute Gasteiger partial charge is 0.354 e. The fraction of sp³-hybridized carbons (Fsp3) is 0.319. The van der Waals surface area contributed by atoms with Crippen molar-refractivity contribution in [2.45, 2.75) is 130 Å². The first-order valence-corrected chi connectivity index (χ1v) is 40.9. The van der Waals surface area contributed by atoms with Crippen LogP contribution in [0, 0.1) is 11.8 Å². The highest BCUT2D eigenvalue weighted by Crippen LogP contribution is 2.30. The van der Waals surface area contributed by atoms with Gasteiger partial charge in [0.15, 0.2) is 0 Å². The van der Waals surface area contributed by atoms with E-state index in [2.05, 4.69) is 185 Å². The van der Waals surface area contributed by atoms with Crippen LogP contribution in [-0.4, -0.2) is 136 Å². The van der Waals surface area contributed by atoms with Crippen LogP contribution in [0.25, 0.3) is 45.0 Å². The van der Waals surface area contributed by atoms with Gasteiger partial charge in [-0.1, -0.05) is 132 Å². The minimum absolute atomic E-state index is 0.00158. The first kappa shape index (κ1) is 87.9. The van der Waals surface area contributed by atoms with Crippen molar-refractivity contribution < 1.29 is 19.2 Å². The fourth-order valence-electron chi connectivity index (χ4n) is 13.8. The summed E-state index contributed by atoms with van der Waals surface area (Å²) >= 11 is 0. The van der Waals surface area contributed by atoms with Gasteiger partial charge < -0.3 is 62.1 Å². The summed E-state index contributed by atoms with van der Waals surface area (Å²) in [7, 11) is 0. The molecule has 4 amide bonds. The van der Waals surface area contributed by atoms with Crippen LogP contribution in [0.5, 0.6) is 0 Å². The van der Waals surface area contributed by atoms with E-state index in [1.165, 1.54) is 12.7 Å². The molecule has 11 heterocycles. The van der Waals surface area contributed by atoms with E-state index in [0.29, 0.717) is 68.0 Å². The van der Waals surface area contributed by atoms with E-state index >= 15 is 0 Å². The normalized spacial score (nSPS) is 14.6. The highest BCUT2D eigenvalue weighted by Gasteiger charge is 2.24. The van der Waals surface area contributed by atoms with Crippen LogP contribution >= 0.6 is 0 Å². The van der Waals surface area contributed by atoms with Crippen molar-refractivity contribution in [3.63, 3.8) is 0 Å². The second-order valence-corrected chi connectivity index (χ2v) is 34.6. The maximum absolute atomic E-state index is 12.7. The molecule has 0 spiro atoms. The number of aromatic amines is 4. The molecule has 0 radical (unpaired) electrons. The van der Waals surface area contributed by atoms with E-state index in [1.807, 2.05) is 54.6 Å². The zero-order chi connectivity index (χ0) is 86.9. The number of nitrogens with one attached hydrogen (secondary N) is 11. The van der Waals surface area contributed by atoms with Gasteiger partial charge in [0.25, 0.3) is 45.9 Å². The lowest BCUT2D eigenvalue weighted by molar-refractivity contribution is 0.101. The molecule has 0 aliphatic carbocycles. The first-order chi connectivity index (χ1) is 58.2. The molecule has 2 unspecified atom stereocenters. The van der Waals surface area contributed by atoms with Crippen molar-refractivity contribution in [3.8, 4) is 45.0 Å². The third-order valence-electron chi connectivity index (χ3n) is 21.2. The number of H-pyrrole nitrogens is 4. The molecular formula is C94H106N20O8. The number of aromatic nitrogens is 12.